The van der Waals surface area contributed by atoms with Crippen molar-refractivity contribution in [3.63, 3.8) is 0 Å². The van der Waals surface area contributed by atoms with E-state index >= 15 is 0 Å². The second-order valence-electron chi connectivity index (χ2n) is 15.3. The van der Waals surface area contributed by atoms with Gasteiger partial charge in [-0.05, 0) is 80.1 Å². The lowest BCUT2D eigenvalue weighted by molar-refractivity contribution is -0.147. The van der Waals surface area contributed by atoms with Gasteiger partial charge in [0.1, 0.15) is 24.4 Å². The van der Waals surface area contributed by atoms with Crippen molar-refractivity contribution < 1.29 is 38.1 Å². The number of hydrogen-bond acceptors (Lipinski definition) is 10. The molecule has 1 aliphatic carbocycles. The second-order valence-corrected chi connectivity index (χ2v) is 15.3. The Balaban J connectivity index is 1.40. The van der Waals surface area contributed by atoms with Crippen LogP contribution in [0.4, 0.5) is 0 Å². The van der Waals surface area contributed by atoms with E-state index in [9.17, 15) is 14.4 Å². The number of carbonyl (C=O) groups excluding carboxylic acids is 3. The Morgan fingerprint density at radius 2 is 1.50 bits per heavy atom. The lowest BCUT2D eigenvalue weighted by Gasteiger charge is -2.42. The number of nitrogens with zero attached hydrogens (tertiary/aromatic N) is 2. The molecule has 2 aromatic carbocycles. The first kappa shape index (κ1) is 43.1. The Kier molecular flexibility index (Phi) is 17.2. The maximum atomic E-state index is 14.6. The molecular weight excluding hydrogens is 690 g/mol. The first-order valence-corrected chi connectivity index (χ1v) is 19.3. The van der Waals surface area contributed by atoms with E-state index in [0.717, 1.165) is 36.0 Å². The summed E-state index contributed by atoms with van der Waals surface area (Å²) in [6.45, 7) is 12.4. The van der Waals surface area contributed by atoms with Gasteiger partial charge in [0.05, 0.1) is 64.9 Å². The smallest absolute Gasteiger partial charge is 0.246 e. The van der Waals surface area contributed by atoms with E-state index in [2.05, 4.69) is 22.8 Å². The SMILES string of the molecule is C[C@@H](C(=O)N[C@H](C(=O)N1Cc2cc(OCCOCCOCCOCCOCCN)ccc2C[C@H]1C(=O)N[C@@H]1CCCc2ccccc21)C(C)(C)C)N(C)C. The maximum absolute atomic E-state index is 14.6. The van der Waals surface area contributed by atoms with Gasteiger partial charge < -0.3 is 45.0 Å². The zero-order valence-corrected chi connectivity index (χ0v) is 33.2. The molecule has 3 amide bonds. The van der Waals surface area contributed by atoms with Crippen LogP contribution < -0.4 is 21.1 Å². The second kappa shape index (κ2) is 21.5. The van der Waals surface area contributed by atoms with Crippen molar-refractivity contribution in [2.24, 2.45) is 11.1 Å². The average molecular weight is 754 g/mol. The standard InChI is InChI=1S/C41H63N5O8/c1-29(45(5)6)38(47)44-37(41(2,3)4)40(49)46-28-32-26-33(54-25-24-53-23-22-52-21-20-51-19-18-50-17-16-42)15-14-31(32)27-36(46)39(48)43-35-13-9-11-30-10-7-8-12-34(30)35/h7-8,10,12,14-15,26,29,35-37H,9,11,13,16-25,27-28,42H2,1-6H3,(H,43,48)(H,44,47)/t29-,35+,36-,37+/m0/s1. The summed E-state index contributed by atoms with van der Waals surface area (Å²) in [4.78, 5) is 45.6. The highest BCUT2D eigenvalue weighted by Gasteiger charge is 2.43. The molecule has 2 aliphatic rings. The molecule has 13 heteroatoms. The van der Waals surface area contributed by atoms with Crippen molar-refractivity contribution in [3.8, 4) is 5.75 Å². The summed E-state index contributed by atoms with van der Waals surface area (Å²) in [5, 5.41) is 6.33. The van der Waals surface area contributed by atoms with Crippen LogP contribution in [-0.4, -0.2) is 126 Å². The topological polar surface area (TPSA) is 154 Å². The number of nitrogens with one attached hydrogen (secondary N) is 2. The molecule has 54 heavy (non-hydrogen) atoms. The van der Waals surface area contributed by atoms with Gasteiger partial charge in [-0.25, -0.2) is 0 Å². The molecule has 4 N–H and O–H groups in total. The van der Waals surface area contributed by atoms with Gasteiger partial charge in [-0.3, -0.25) is 19.3 Å². The molecule has 0 saturated heterocycles. The van der Waals surface area contributed by atoms with E-state index in [1.165, 1.54) is 5.56 Å². The maximum Gasteiger partial charge on any atom is 0.246 e. The van der Waals surface area contributed by atoms with Crippen LogP contribution in [0.3, 0.4) is 0 Å². The Bertz CT molecular complexity index is 1500. The number of carbonyl (C=O) groups is 3. The van der Waals surface area contributed by atoms with Crippen molar-refractivity contribution in [1.82, 2.24) is 20.4 Å². The lowest BCUT2D eigenvalue weighted by atomic mass is 9.83. The minimum Gasteiger partial charge on any atom is -0.491 e. The fourth-order valence-corrected chi connectivity index (χ4v) is 6.66. The fraction of sp³-hybridized carbons (Fsp3) is 0.634. The van der Waals surface area contributed by atoms with Crippen LogP contribution in [0, 0.1) is 5.41 Å². The molecule has 1 heterocycles. The van der Waals surface area contributed by atoms with E-state index in [1.807, 2.05) is 65.2 Å². The number of aryl methyl sites for hydroxylation is 1. The Morgan fingerprint density at radius 3 is 2.13 bits per heavy atom. The van der Waals surface area contributed by atoms with Gasteiger partial charge in [0.2, 0.25) is 17.7 Å². The first-order chi connectivity index (χ1) is 25.9. The van der Waals surface area contributed by atoms with E-state index < -0.39 is 23.5 Å². The van der Waals surface area contributed by atoms with Gasteiger partial charge in [0, 0.05) is 19.5 Å². The van der Waals surface area contributed by atoms with Crippen LogP contribution >= 0.6 is 0 Å². The molecule has 4 atom stereocenters. The highest BCUT2D eigenvalue weighted by Crippen LogP contribution is 2.33. The van der Waals surface area contributed by atoms with Gasteiger partial charge in [0.15, 0.2) is 0 Å². The molecule has 300 valence electrons. The van der Waals surface area contributed by atoms with Crippen molar-refractivity contribution in [1.29, 1.82) is 0 Å². The third-order valence-electron chi connectivity index (χ3n) is 10.0. The summed E-state index contributed by atoms with van der Waals surface area (Å²) in [5.74, 6) is -0.0834. The highest BCUT2D eigenvalue weighted by atomic mass is 16.6. The van der Waals surface area contributed by atoms with E-state index in [-0.39, 0.29) is 30.3 Å². The largest absolute Gasteiger partial charge is 0.491 e. The summed E-state index contributed by atoms with van der Waals surface area (Å²) in [5.41, 5.74) is 9.02. The monoisotopic (exact) mass is 753 g/mol. The van der Waals surface area contributed by atoms with E-state index in [0.29, 0.717) is 78.2 Å². The highest BCUT2D eigenvalue weighted by molar-refractivity contribution is 5.94. The zero-order chi connectivity index (χ0) is 39.1. The number of benzene rings is 2. The Labute approximate surface area is 321 Å². The van der Waals surface area contributed by atoms with Gasteiger partial charge in [-0.2, -0.15) is 0 Å². The average Bonchev–Trinajstić information content (AvgIpc) is 3.15. The minimum atomic E-state index is -0.853. The molecule has 0 bridgehead atoms. The van der Waals surface area contributed by atoms with E-state index in [4.69, 9.17) is 29.4 Å². The molecule has 0 unspecified atom stereocenters. The molecule has 1 aliphatic heterocycles. The lowest BCUT2D eigenvalue weighted by Crippen LogP contribution is -2.62. The van der Waals surface area contributed by atoms with Crippen molar-refractivity contribution in [2.45, 2.75) is 84.1 Å². The Morgan fingerprint density at radius 1 is 0.870 bits per heavy atom. The van der Waals surface area contributed by atoms with Crippen molar-refractivity contribution >= 4 is 17.7 Å². The summed E-state index contributed by atoms with van der Waals surface area (Å²) in [7, 11) is 3.65. The molecule has 4 rings (SSSR count). The minimum absolute atomic E-state index is 0.129. The number of fused-ring (bicyclic) bond motifs is 2. The summed E-state index contributed by atoms with van der Waals surface area (Å²) >= 11 is 0. The molecule has 13 nitrogen and oxygen atoms in total. The van der Waals surface area contributed by atoms with Crippen molar-refractivity contribution in [2.75, 3.05) is 80.1 Å². The third kappa shape index (κ3) is 12.7. The summed E-state index contributed by atoms with van der Waals surface area (Å²) in [6.07, 6.45) is 3.14. The zero-order valence-electron chi connectivity index (χ0n) is 33.2. The number of amides is 3. The number of hydrogen-bond donors (Lipinski definition) is 3. The molecule has 0 saturated carbocycles. The Hall–Kier alpha value is -3.59. The molecular formula is C41H63N5O8. The molecule has 2 aromatic rings. The predicted molar refractivity (Wildman–Crippen MR) is 207 cm³/mol. The van der Waals surface area contributed by atoms with Crippen LogP contribution in [0.25, 0.3) is 0 Å². The van der Waals surface area contributed by atoms with Gasteiger partial charge >= 0.3 is 0 Å². The number of ether oxygens (including phenoxy) is 5. The van der Waals surface area contributed by atoms with Gasteiger partial charge in [0.25, 0.3) is 0 Å². The summed E-state index contributed by atoms with van der Waals surface area (Å²) in [6, 6.07) is 11.9. The van der Waals surface area contributed by atoms with Gasteiger partial charge in [-0.15, -0.1) is 0 Å². The normalized spacial score (nSPS) is 18.0. The third-order valence-corrected chi connectivity index (χ3v) is 10.0. The predicted octanol–water partition coefficient (Wildman–Crippen LogP) is 3.02. The van der Waals surface area contributed by atoms with Crippen LogP contribution in [0.2, 0.25) is 0 Å². The summed E-state index contributed by atoms with van der Waals surface area (Å²) < 4.78 is 28.0. The number of rotatable bonds is 21. The number of likely N-dealkylation sites (N-methyl/N-ethyl adjacent to an activating group) is 1. The molecule has 0 radical (unpaired) electrons. The van der Waals surface area contributed by atoms with Gasteiger partial charge in [-0.1, -0.05) is 51.1 Å². The molecule has 0 aromatic heterocycles. The molecule has 0 spiro atoms. The quantitative estimate of drug-likeness (QED) is 0.162. The van der Waals surface area contributed by atoms with E-state index in [1.54, 1.807) is 16.7 Å². The number of nitrogens with two attached hydrogens (primary N) is 1. The van der Waals surface area contributed by atoms with Crippen LogP contribution in [0.15, 0.2) is 42.5 Å². The van der Waals surface area contributed by atoms with Crippen LogP contribution in [0.1, 0.15) is 68.8 Å². The van der Waals surface area contributed by atoms with Crippen LogP contribution in [0.5, 0.6) is 5.75 Å². The van der Waals surface area contributed by atoms with Crippen molar-refractivity contribution in [3.05, 3.63) is 64.7 Å². The molecule has 0 fully saturated rings. The fourth-order valence-electron chi connectivity index (χ4n) is 6.66. The first-order valence-electron chi connectivity index (χ1n) is 19.3. The van der Waals surface area contributed by atoms with Crippen LogP contribution in [-0.2, 0) is 52.7 Å².